The summed E-state index contributed by atoms with van der Waals surface area (Å²) in [6.07, 6.45) is 2.07. The Kier molecular flexibility index (Phi) is 3.23. The Hall–Kier alpha value is -2.53. The van der Waals surface area contributed by atoms with Crippen LogP contribution in [0.2, 0.25) is 0 Å². The van der Waals surface area contributed by atoms with Crippen LogP contribution in [0.15, 0.2) is 53.3 Å². The third kappa shape index (κ3) is 2.33. The van der Waals surface area contributed by atoms with Crippen LogP contribution in [0.4, 0.5) is 4.39 Å². The largest absolute Gasteiger partial charge is 0.321 e. The van der Waals surface area contributed by atoms with Crippen molar-refractivity contribution in [2.24, 2.45) is 11.7 Å². The number of nitrogens with two attached hydrogens (primary N) is 1. The molecule has 1 unspecified atom stereocenters. The van der Waals surface area contributed by atoms with E-state index in [1.54, 1.807) is 24.3 Å². The molecule has 4 rings (SSSR count). The molecule has 5 heteroatoms. The Morgan fingerprint density at radius 2 is 1.87 bits per heavy atom. The van der Waals surface area contributed by atoms with Crippen LogP contribution in [0.25, 0.3) is 16.6 Å². The molecule has 1 aromatic heterocycles. The molecule has 3 aromatic rings. The summed E-state index contributed by atoms with van der Waals surface area (Å²) < 4.78 is 15.6. The van der Waals surface area contributed by atoms with Crippen molar-refractivity contribution in [2.75, 3.05) is 0 Å². The number of nitrogens with zero attached hydrogens (tertiary/aromatic N) is 2. The highest BCUT2D eigenvalue weighted by molar-refractivity contribution is 5.78. The molecule has 2 N–H and O–H groups in total. The first-order valence-corrected chi connectivity index (χ1v) is 7.69. The molecular weight excluding hydrogens is 293 g/mol. The van der Waals surface area contributed by atoms with Crippen molar-refractivity contribution < 1.29 is 4.39 Å². The maximum absolute atomic E-state index is 14.2. The van der Waals surface area contributed by atoms with Gasteiger partial charge in [-0.05, 0) is 43.0 Å². The van der Waals surface area contributed by atoms with Crippen molar-refractivity contribution in [2.45, 2.75) is 18.9 Å². The Bertz CT molecular complexity index is 932. The fourth-order valence-corrected chi connectivity index (χ4v) is 2.92. The molecule has 1 heterocycles. The highest BCUT2D eigenvalue weighted by Gasteiger charge is 2.33. The maximum atomic E-state index is 14.2. The standard InChI is InChI=1S/C18H16FN3O/c19-13-7-4-8-14-15(13)18(23)22(12-5-2-1-3-6-12)17(21-14)16(20)11-9-10-11/h1-8,11,16H,9-10,20H2. The summed E-state index contributed by atoms with van der Waals surface area (Å²) in [5, 5.41) is 0.00287. The van der Waals surface area contributed by atoms with E-state index in [-0.39, 0.29) is 11.4 Å². The maximum Gasteiger partial charge on any atom is 0.269 e. The van der Waals surface area contributed by atoms with Crippen LogP contribution in [0.5, 0.6) is 0 Å². The van der Waals surface area contributed by atoms with E-state index >= 15 is 0 Å². The average molecular weight is 309 g/mol. The molecule has 0 spiro atoms. The van der Waals surface area contributed by atoms with Crippen LogP contribution in [0, 0.1) is 11.7 Å². The second-order valence-electron chi connectivity index (χ2n) is 5.94. The highest BCUT2D eigenvalue weighted by atomic mass is 19.1. The smallest absolute Gasteiger partial charge is 0.269 e. The van der Waals surface area contributed by atoms with Gasteiger partial charge < -0.3 is 5.73 Å². The minimum Gasteiger partial charge on any atom is -0.321 e. The van der Waals surface area contributed by atoms with Gasteiger partial charge in [-0.2, -0.15) is 0 Å². The van der Waals surface area contributed by atoms with Gasteiger partial charge in [0, 0.05) is 0 Å². The molecule has 1 saturated carbocycles. The van der Waals surface area contributed by atoms with Crippen LogP contribution < -0.4 is 11.3 Å². The minimum absolute atomic E-state index is 0.00287. The molecule has 1 atom stereocenters. The third-order valence-corrected chi connectivity index (χ3v) is 4.32. The summed E-state index contributed by atoms with van der Waals surface area (Å²) in [5.74, 6) is 0.279. The van der Waals surface area contributed by atoms with E-state index < -0.39 is 11.4 Å². The highest BCUT2D eigenvalue weighted by Crippen LogP contribution is 2.39. The molecule has 1 aliphatic carbocycles. The third-order valence-electron chi connectivity index (χ3n) is 4.32. The van der Waals surface area contributed by atoms with E-state index in [9.17, 15) is 9.18 Å². The van der Waals surface area contributed by atoms with E-state index in [1.165, 1.54) is 10.6 Å². The molecule has 2 aromatic carbocycles. The van der Waals surface area contributed by atoms with Gasteiger partial charge in [-0.25, -0.2) is 9.37 Å². The molecule has 1 fully saturated rings. The predicted octanol–water partition coefficient (Wildman–Crippen LogP) is 2.93. The van der Waals surface area contributed by atoms with Gasteiger partial charge in [0.1, 0.15) is 17.0 Å². The molecule has 1 aliphatic rings. The first-order valence-electron chi connectivity index (χ1n) is 7.69. The van der Waals surface area contributed by atoms with Gasteiger partial charge >= 0.3 is 0 Å². The normalized spacial score (nSPS) is 15.7. The van der Waals surface area contributed by atoms with Gasteiger partial charge in [-0.3, -0.25) is 9.36 Å². The molecule has 23 heavy (non-hydrogen) atoms. The van der Waals surface area contributed by atoms with Crippen LogP contribution in [0.3, 0.4) is 0 Å². The van der Waals surface area contributed by atoms with Gasteiger partial charge in [0.15, 0.2) is 0 Å². The first-order chi connectivity index (χ1) is 11.2. The Morgan fingerprint density at radius 1 is 1.13 bits per heavy atom. The fraction of sp³-hybridized carbons (Fsp3) is 0.222. The van der Waals surface area contributed by atoms with Gasteiger partial charge in [-0.15, -0.1) is 0 Å². The van der Waals surface area contributed by atoms with Crippen molar-refractivity contribution in [3.05, 3.63) is 70.5 Å². The fourth-order valence-electron chi connectivity index (χ4n) is 2.92. The summed E-state index contributed by atoms with van der Waals surface area (Å²) >= 11 is 0. The molecule has 4 nitrogen and oxygen atoms in total. The summed E-state index contributed by atoms with van der Waals surface area (Å²) in [6, 6.07) is 13.3. The summed E-state index contributed by atoms with van der Waals surface area (Å²) in [6.45, 7) is 0. The second kappa shape index (κ2) is 5.28. The van der Waals surface area contributed by atoms with Crippen LogP contribution in [0.1, 0.15) is 24.7 Å². The summed E-state index contributed by atoms with van der Waals surface area (Å²) in [5.41, 5.74) is 6.92. The zero-order chi connectivity index (χ0) is 16.0. The molecule has 0 radical (unpaired) electrons. The molecule has 0 amide bonds. The first kappa shape index (κ1) is 14.1. The van der Waals surface area contributed by atoms with E-state index in [4.69, 9.17) is 5.73 Å². The van der Waals surface area contributed by atoms with Gasteiger partial charge in [0.2, 0.25) is 0 Å². The Labute approximate surface area is 132 Å². The van der Waals surface area contributed by atoms with E-state index in [0.717, 1.165) is 12.8 Å². The van der Waals surface area contributed by atoms with E-state index in [2.05, 4.69) is 4.98 Å². The van der Waals surface area contributed by atoms with Crippen LogP contribution in [-0.2, 0) is 0 Å². The number of para-hydroxylation sites is 1. The van der Waals surface area contributed by atoms with Crippen LogP contribution in [-0.4, -0.2) is 9.55 Å². The number of benzene rings is 2. The zero-order valence-electron chi connectivity index (χ0n) is 12.4. The second-order valence-corrected chi connectivity index (χ2v) is 5.94. The lowest BCUT2D eigenvalue weighted by atomic mass is 10.1. The van der Waals surface area contributed by atoms with Crippen molar-refractivity contribution in [1.82, 2.24) is 9.55 Å². The number of halogens is 1. The van der Waals surface area contributed by atoms with Gasteiger partial charge in [0.05, 0.1) is 17.2 Å². The lowest BCUT2D eigenvalue weighted by molar-refractivity contribution is 0.572. The van der Waals surface area contributed by atoms with Crippen molar-refractivity contribution in [3.63, 3.8) is 0 Å². The zero-order valence-corrected chi connectivity index (χ0v) is 12.4. The molecule has 0 saturated heterocycles. The van der Waals surface area contributed by atoms with Crippen LogP contribution >= 0.6 is 0 Å². The van der Waals surface area contributed by atoms with Crippen molar-refractivity contribution in [3.8, 4) is 5.69 Å². The van der Waals surface area contributed by atoms with Crippen molar-refractivity contribution >= 4 is 10.9 Å². The topological polar surface area (TPSA) is 60.9 Å². The van der Waals surface area contributed by atoms with E-state index in [0.29, 0.717) is 22.9 Å². The summed E-state index contributed by atoms with van der Waals surface area (Å²) in [7, 11) is 0. The monoisotopic (exact) mass is 309 g/mol. The summed E-state index contributed by atoms with van der Waals surface area (Å²) in [4.78, 5) is 17.5. The number of fused-ring (bicyclic) bond motifs is 1. The number of hydrogen-bond acceptors (Lipinski definition) is 3. The average Bonchev–Trinajstić information content (AvgIpc) is 3.39. The van der Waals surface area contributed by atoms with E-state index in [1.807, 2.05) is 18.2 Å². The lowest BCUT2D eigenvalue weighted by Crippen LogP contribution is -2.29. The quantitative estimate of drug-likeness (QED) is 0.809. The van der Waals surface area contributed by atoms with Gasteiger partial charge in [-0.1, -0.05) is 24.3 Å². The SMILES string of the molecule is NC(c1nc2cccc(F)c2c(=O)n1-c1ccccc1)C1CC1. The van der Waals surface area contributed by atoms with Gasteiger partial charge in [0.25, 0.3) is 5.56 Å². The lowest BCUT2D eigenvalue weighted by Gasteiger charge is -2.18. The molecule has 116 valence electrons. The number of rotatable bonds is 3. The predicted molar refractivity (Wildman–Crippen MR) is 87.0 cm³/mol. The number of aromatic nitrogens is 2. The number of hydrogen-bond donors (Lipinski definition) is 1. The Balaban J connectivity index is 2.08. The molecule has 0 aliphatic heterocycles. The molecular formula is C18H16FN3O. The van der Waals surface area contributed by atoms with Crippen molar-refractivity contribution in [1.29, 1.82) is 0 Å². The minimum atomic E-state index is -0.559. The molecule has 0 bridgehead atoms. The Morgan fingerprint density at radius 3 is 2.57 bits per heavy atom.